The third kappa shape index (κ3) is 4.64. The number of rotatable bonds is 4. The molecular weight excluding hydrogens is 448 g/mol. The number of nitrogen functional groups attached to an aromatic ring is 1. The molecule has 0 spiro atoms. The van der Waals surface area contributed by atoms with Gasteiger partial charge in [0.1, 0.15) is 17.8 Å². The lowest BCUT2D eigenvalue weighted by atomic mass is 10.2. The van der Waals surface area contributed by atoms with Gasteiger partial charge in [0.15, 0.2) is 11.6 Å². The van der Waals surface area contributed by atoms with Crippen LogP contribution in [0.25, 0.3) is 0 Å². The van der Waals surface area contributed by atoms with Gasteiger partial charge >= 0.3 is 6.18 Å². The van der Waals surface area contributed by atoms with Crippen LogP contribution >= 0.6 is 11.6 Å². The van der Waals surface area contributed by atoms with E-state index in [4.69, 9.17) is 17.3 Å². The molecule has 0 amide bonds. The summed E-state index contributed by atoms with van der Waals surface area (Å²) in [5, 5.41) is 2.43. The van der Waals surface area contributed by atoms with Gasteiger partial charge in [0.2, 0.25) is 0 Å². The van der Waals surface area contributed by atoms with Crippen LogP contribution in [0.15, 0.2) is 48.8 Å². The Morgan fingerprint density at radius 2 is 1.59 bits per heavy atom. The largest absolute Gasteiger partial charge is 0.417 e. The van der Waals surface area contributed by atoms with Crippen molar-refractivity contribution < 1.29 is 17.6 Å². The molecule has 0 atom stereocenters. The molecule has 6 nitrogen and oxygen atoms in total. The Labute approximate surface area is 186 Å². The van der Waals surface area contributed by atoms with Gasteiger partial charge in [-0.1, -0.05) is 11.6 Å². The highest BCUT2D eigenvalue weighted by atomic mass is 35.5. The normalized spacial score (nSPS) is 14.5. The summed E-state index contributed by atoms with van der Waals surface area (Å²) in [6.07, 6.45) is -3.28. The number of nitrogens with one attached hydrogen (secondary N) is 1. The maximum absolute atomic E-state index is 13.2. The lowest BCUT2D eigenvalue weighted by Gasteiger charge is -2.37. The summed E-state index contributed by atoms with van der Waals surface area (Å²) in [7, 11) is 0. The molecule has 3 aromatic rings. The minimum Gasteiger partial charge on any atom is -0.393 e. The van der Waals surface area contributed by atoms with Gasteiger partial charge in [-0.3, -0.25) is 0 Å². The van der Waals surface area contributed by atoms with Crippen molar-refractivity contribution in [1.29, 1.82) is 0 Å². The van der Waals surface area contributed by atoms with E-state index in [-0.39, 0.29) is 23.0 Å². The van der Waals surface area contributed by atoms with Crippen LogP contribution in [0, 0.1) is 5.82 Å². The molecule has 0 saturated carbocycles. The zero-order chi connectivity index (χ0) is 22.9. The van der Waals surface area contributed by atoms with Crippen molar-refractivity contribution in [3.05, 3.63) is 65.2 Å². The van der Waals surface area contributed by atoms with E-state index in [2.05, 4.69) is 20.2 Å². The van der Waals surface area contributed by atoms with E-state index in [0.29, 0.717) is 32.0 Å². The lowest BCUT2D eigenvalue weighted by Crippen LogP contribution is -2.47. The van der Waals surface area contributed by atoms with E-state index in [1.165, 1.54) is 30.6 Å². The molecule has 0 radical (unpaired) electrons. The first kappa shape index (κ1) is 21.9. The van der Waals surface area contributed by atoms with Crippen LogP contribution in [0.1, 0.15) is 5.56 Å². The maximum Gasteiger partial charge on any atom is 0.417 e. The smallest absolute Gasteiger partial charge is 0.393 e. The molecular formula is C21H19ClF4N6. The molecule has 1 aliphatic heterocycles. The van der Waals surface area contributed by atoms with Gasteiger partial charge in [-0.2, -0.15) is 13.2 Å². The van der Waals surface area contributed by atoms with Crippen molar-refractivity contribution >= 4 is 40.3 Å². The second-order valence-corrected chi connectivity index (χ2v) is 7.63. The number of aromatic nitrogens is 2. The number of benzene rings is 2. The van der Waals surface area contributed by atoms with E-state index in [9.17, 15) is 17.6 Å². The van der Waals surface area contributed by atoms with E-state index in [0.717, 1.165) is 11.8 Å². The van der Waals surface area contributed by atoms with Crippen LogP contribution in [0.4, 0.5) is 46.3 Å². The van der Waals surface area contributed by atoms with Gasteiger partial charge in [-0.25, -0.2) is 14.4 Å². The molecule has 0 aliphatic carbocycles. The summed E-state index contributed by atoms with van der Waals surface area (Å²) in [6.45, 7) is 2.56. The number of anilines is 5. The van der Waals surface area contributed by atoms with Gasteiger partial charge in [0, 0.05) is 37.6 Å². The molecule has 168 valence electrons. The van der Waals surface area contributed by atoms with Crippen molar-refractivity contribution in [1.82, 2.24) is 9.97 Å². The number of hydrogen-bond donors (Lipinski definition) is 2. The highest BCUT2D eigenvalue weighted by molar-refractivity contribution is 6.31. The molecule has 1 aliphatic rings. The predicted molar refractivity (Wildman–Crippen MR) is 117 cm³/mol. The topological polar surface area (TPSA) is 70.3 Å². The minimum absolute atomic E-state index is 0.152. The molecule has 0 unspecified atom stereocenters. The minimum atomic E-state index is -4.58. The molecule has 0 bridgehead atoms. The number of nitrogens with two attached hydrogens (primary N) is 1. The zero-order valence-corrected chi connectivity index (χ0v) is 17.5. The van der Waals surface area contributed by atoms with E-state index in [1.54, 1.807) is 12.1 Å². The van der Waals surface area contributed by atoms with E-state index < -0.39 is 16.8 Å². The van der Waals surface area contributed by atoms with Gasteiger partial charge in [-0.05, 0) is 42.5 Å². The SMILES string of the molecule is Nc1c(Nc2ccc(Cl)c(C(F)(F)F)c2)ncnc1N1CCN(c2ccc(F)cc2)CC1. The Morgan fingerprint density at radius 3 is 2.25 bits per heavy atom. The maximum atomic E-state index is 13.2. The summed E-state index contributed by atoms with van der Waals surface area (Å²) in [4.78, 5) is 12.4. The number of hydrogen-bond acceptors (Lipinski definition) is 6. The summed E-state index contributed by atoms with van der Waals surface area (Å²) in [5.41, 5.74) is 6.60. The first-order valence-corrected chi connectivity index (χ1v) is 10.1. The fourth-order valence-corrected chi connectivity index (χ4v) is 3.75. The van der Waals surface area contributed by atoms with Crippen molar-refractivity contribution in [3.8, 4) is 0 Å². The molecule has 1 saturated heterocycles. The highest BCUT2D eigenvalue weighted by Gasteiger charge is 2.33. The number of alkyl halides is 3. The Morgan fingerprint density at radius 1 is 0.938 bits per heavy atom. The average molecular weight is 467 g/mol. The second-order valence-electron chi connectivity index (χ2n) is 7.23. The summed E-state index contributed by atoms with van der Waals surface area (Å²) < 4.78 is 52.6. The van der Waals surface area contributed by atoms with Crippen molar-refractivity contribution in [2.75, 3.05) is 47.0 Å². The first-order valence-electron chi connectivity index (χ1n) is 9.72. The van der Waals surface area contributed by atoms with Gasteiger partial charge in [0.25, 0.3) is 0 Å². The summed E-state index contributed by atoms with van der Waals surface area (Å²) in [6, 6.07) is 9.79. The molecule has 2 aromatic carbocycles. The summed E-state index contributed by atoms with van der Waals surface area (Å²) in [5.74, 6) is 0.405. The van der Waals surface area contributed by atoms with Crippen molar-refractivity contribution in [3.63, 3.8) is 0 Å². The number of nitrogens with zero attached hydrogens (tertiary/aromatic N) is 4. The molecule has 32 heavy (non-hydrogen) atoms. The van der Waals surface area contributed by atoms with Crippen molar-refractivity contribution in [2.45, 2.75) is 6.18 Å². The highest BCUT2D eigenvalue weighted by Crippen LogP contribution is 2.37. The molecule has 4 rings (SSSR count). The zero-order valence-electron chi connectivity index (χ0n) is 16.7. The van der Waals surface area contributed by atoms with Crippen molar-refractivity contribution in [2.24, 2.45) is 0 Å². The molecule has 11 heteroatoms. The van der Waals surface area contributed by atoms with Crippen LogP contribution in [0.3, 0.4) is 0 Å². The quantitative estimate of drug-likeness (QED) is 0.531. The van der Waals surface area contributed by atoms with Crippen LogP contribution in [0.2, 0.25) is 5.02 Å². The Bertz CT molecular complexity index is 1100. The third-order valence-corrected chi connectivity index (χ3v) is 5.50. The predicted octanol–water partition coefficient (Wildman–Crippen LogP) is 4.94. The van der Waals surface area contributed by atoms with E-state index in [1.807, 2.05) is 4.90 Å². The second kappa shape index (κ2) is 8.70. The number of halogens is 5. The average Bonchev–Trinajstić information content (AvgIpc) is 2.76. The van der Waals surface area contributed by atoms with Crippen LogP contribution in [-0.2, 0) is 6.18 Å². The Hall–Kier alpha value is -3.27. The van der Waals surface area contributed by atoms with Gasteiger partial charge < -0.3 is 20.9 Å². The van der Waals surface area contributed by atoms with Crippen LogP contribution in [-0.4, -0.2) is 36.1 Å². The van der Waals surface area contributed by atoms with Crippen LogP contribution in [0.5, 0.6) is 0 Å². The Balaban J connectivity index is 1.49. The van der Waals surface area contributed by atoms with E-state index >= 15 is 0 Å². The number of piperazine rings is 1. The molecule has 3 N–H and O–H groups in total. The fourth-order valence-electron chi connectivity index (χ4n) is 3.52. The molecule has 1 aromatic heterocycles. The molecule has 1 fully saturated rings. The third-order valence-electron chi connectivity index (χ3n) is 5.17. The first-order chi connectivity index (χ1) is 15.2. The van der Waals surface area contributed by atoms with Gasteiger partial charge in [0.05, 0.1) is 10.6 Å². The van der Waals surface area contributed by atoms with Crippen LogP contribution < -0.4 is 20.9 Å². The fraction of sp³-hybridized carbons (Fsp3) is 0.238. The lowest BCUT2D eigenvalue weighted by molar-refractivity contribution is -0.137. The summed E-state index contributed by atoms with van der Waals surface area (Å²) >= 11 is 5.68. The van der Waals surface area contributed by atoms with Gasteiger partial charge in [-0.15, -0.1) is 0 Å². The monoisotopic (exact) mass is 466 g/mol. The Kier molecular flexibility index (Phi) is 5.96. The standard InChI is InChI=1S/C21H19ClF4N6/c22-17-6-3-14(11-16(17)21(24,25)26)30-19-18(27)20(29-12-28-19)32-9-7-31(8-10-32)15-4-1-13(23)2-5-15/h1-6,11-12H,7-10,27H2,(H,28,29,30). The molecule has 2 heterocycles.